The maximum atomic E-state index is 13.3. The van der Waals surface area contributed by atoms with Gasteiger partial charge < -0.3 is 10.2 Å². The van der Waals surface area contributed by atoms with E-state index in [1.807, 2.05) is 0 Å². The summed E-state index contributed by atoms with van der Waals surface area (Å²) in [4.78, 5) is 5.82. The Morgan fingerprint density at radius 1 is 1.04 bits per heavy atom. The molecule has 24 heavy (non-hydrogen) atoms. The normalized spacial score (nSPS) is 21.2. The smallest absolute Gasteiger partial charge is 0.356 e. The van der Waals surface area contributed by atoms with E-state index in [9.17, 15) is 13.2 Å². The highest BCUT2D eigenvalue weighted by atomic mass is 79.9. The van der Waals surface area contributed by atoms with Crippen LogP contribution in [0.3, 0.4) is 0 Å². The van der Waals surface area contributed by atoms with Crippen LogP contribution in [-0.4, -0.2) is 30.2 Å². The summed E-state index contributed by atoms with van der Waals surface area (Å²) in [5.41, 5.74) is -0.657. The van der Waals surface area contributed by atoms with Crippen molar-refractivity contribution in [3.63, 3.8) is 0 Å². The number of nitrogens with one attached hydrogen (secondary N) is 1. The van der Waals surface area contributed by atoms with E-state index in [1.165, 1.54) is 38.3 Å². The van der Waals surface area contributed by atoms with Gasteiger partial charge in [-0.25, -0.2) is 4.98 Å². The zero-order chi connectivity index (χ0) is 17.2. The minimum absolute atomic E-state index is 0.0572. The molecule has 2 aliphatic rings. The van der Waals surface area contributed by atoms with E-state index in [4.69, 9.17) is 0 Å². The Morgan fingerprint density at radius 3 is 2.29 bits per heavy atom. The van der Waals surface area contributed by atoms with E-state index in [-0.39, 0.29) is 5.82 Å². The van der Waals surface area contributed by atoms with E-state index >= 15 is 0 Å². The molecule has 3 rings (SSSR count). The van der Waals surface area contributed by atoms with Crippen LogP contribution < -0.4 is 10.2 Å². The van der Waals surface area contributed by atoms with Gasteiger partial charge in [0.2, 0.25) is 0 Å². The van der Waals surface area contributed by atoms with Crippen LogP contribution in [-0.2, 0) is 6.18 Å². The van der Waals surface area contributed by atoms with Gasteiger partial charge in [-0.3, -0.25) is 0 Å². The second-order valence-electron chi connectivity index (χ2n) is 6.79. The monoisotopic (exact) mass is 405 g/mol. The Labute approximate surface area is 149 Å². The molecule has 0 bridgehead atoms. The third-order valence-electron chi connectivity index (χ3n) is 5.01. The molecule has 1 aliphatic carbocycles. The first kappa shape index (κ1) is 18.0. The van der Waals surface area contributed by atoms with Crippen molar-refractivity contribution < 1.29 is 13.2 Å². The van der Waals surface area contributed by atoms with Crippen molar-refractivity contribution in [3.8, 4) is 0 Å². The lowest BCUT2D eigenvalue weighted by Crippen LogP contribution is -2.47. The van der Waals surface area contributed by atoms with Gasteiger partial charge >= 0.3 is 6.18 Å². The van der Waals surface area contributed by atoms with Gasteiger partial charge in [-0.05, 0) is 47.7 Å². The molecule has 0 unspecified atom stereocenters. The number of anilines is 1. The third-order valence-corrected chi connectivity index (χ3v) is 5.44. The standard InChI is InChI=1S/C17H23BrF3N3/c18-12-10-15(17(19,20)21)16(22-11-12)24-8-6-14(7-9-24)23-13-4-2-1-3-5-13/h10-11,13-14,23H,1-9H2. The van der Waals surface area contributed by atoms with Crippen LogP contribution >= 0.6 is 15.9 Å². The van der Waals surface area contributed by atoms with E-state index in [2.05, 4.69) is 26.2 Å². The maximum absolute atomic E-state index is 13.3. The van der Waals surface area contributed by atoms with Gasteiger partial charge in [0.1, 0.15) is 5.82 Å². The van der Waals surface area contributed by atoms with Gasteiger partial charge in [-0.2, -0.15) is 13.2 Å². The van der Waals surface area contributed by atoms with Crippen LogP contribution in [0.2, 0.25) is 0 Å². The summed E-state index contributed by atoms with van der Waals surface area (Å²) < 4.78 is 40.2. The summed E-state index contributed by atoms with van der Waals surface area (Å²) in [6.07, 6.45) is 5.14. The van der Waals surface area contributed by atoms with Gasteiger partial charge in [-0.1, -0.05) is 19.3 Å². The van der Waals surface area contributed by atoms with Crippen LogP contribution in [0.15, 0.2) is 16.7 Å². The summed E-state index contributed by atoms with van der Waals surface area (Å²) in [7, 11) is 0. The molecule has 1 saturated carbocycles. The molecule has 1 N–H and O–H groups in total. The van der Waals surface area contributed by atoms with E-state index < -0.39 is 11.7 Å². The quantitative estimate of drug-likeness (QED) is 0.785. The van der Waals surface area contributed by atoms with E-state index in [0.29, 0.717) is 29.6 Å². The summed E-state index contributed by atoms with van der Waals surface area (Å²) in [6.45, 7) is 1.23. The Balaban J connectivity index is 1.62. The fraction of sp³-hybridized carbons (Fsp3) is 0.706. The number of piperidine rings is 1. The second kappa shape index (κ2) is 7.60. The van der Waals surface area contributed by atoms with Crippen molar-refractivity contribution in [1.82, 2.24) is 10.3 Å². The molecular formula is C17H23BrF3N3. The van der Waals surface area contributed by atoms with Gasteiger partial charge in [0.15, 0.2) is 0 Å². The molecule has 0 atom stereocenters. The van der Waals surface area contributed by atoms with Crippen LogP contribution in [0, 0.1) is 0 Å². The summed E-state index contributed by atoms with van der Waals surface area (Å²) in [5, 5.41) is 3.71. The average Bonchev–Trinajstić information content (AvgIpc) is 2.56. The summed E-state index contributed by atoms with van der Waals surface area (Å²) in [6, 6.07) is 2.12. The predicted octanol–water partition coefficient (Wildman–Crippen LogP) is 4.75. The number of hydrogen-bond acceptors (Lipinski definition) is 3. The summed E-state index contributed by atoms with van der Waals surface area (Å²) >= 11 is 3.09. The largest absolute Gasteiger partial charge is 0.419 e. The first-order valence-electron chi connectivity index (χ1n) is 8.67. The van der Waals surface area contributed by atoms with Gasteiger partial charge in [0.05, 0.1) is 5.56 Å². The minimum atomic E-state index is -4.39. The first-order valence-corrected chi connectivity index (χ1v) is 9.46. The number of halogens is 4. The number of hydrogen-bond donors (Lipinski definition) is 1. The molecule has 7 heteroatoms. The van der Waals surface area contributed by atoms with Crippen molar-refractivity contribution in [2.24, 2.45) is 0 Å². The number of aromatic nitrogens is 1. The molecule has 0 amide bonds. The van der Waals surface area contributed by atoms with Crippen molar-refractivity contribution in [2.75, 3.05) is 18.0 Å². The summed E-state index contributed by atoms with van der Waals surface area (Å²) in [5.74, 6) is 0.0572. The second-order valence-corrected chi connectivity index (χ2v) is 7.70. The number of nitrogens with zero attached hydrogens (tertiary/aromatic N) is 2. The SMILES string of the molecule is FC(F)(F)c1cc(Br)cnc1N1CCC(NC2CCCCC2)CC1. The van der Waals surface area contributed by atoms with Crippen LogP contribution in [0.4, 0.5) is 19.0 Å². The van der Waals surface area contributed by atoms with Crippen molar-refractivity contribution in [3.05, 3.63) is 22.3 Å². The molecular weight excluding hydrogens is 383 g/mol. The molecule has 0 spiro atoms. The Kier molecular flexibility index (Phi) is 5.70. The molecule has 1 aliphatic heterocycles. The molecule has 1 saturated heterocycles. The fourth-order valence-electron chi connectivity index (χ4n) is 3.75. The fourth-order valence-corrected chi connectivity index (χ4v) is 4.08. The maximum Gasteiger partial charge on any atom is 0.419 e. The lowest BCUT2D eigenvalue weighted by molar-refractivity contribution is -0.137. The van der Waals surface area contributed by atoms with Crippen LogP contribution in [0.5, 0.6) is 0 Å². The number of rotatable bonds is 3. The van der Waals surface area contributed by atoms with Crippen molar-refractivity contribution in [2.45, 2.75) is 63.2 Å². The molecule has 0 radical (unpaired) electrons. The predicted molar refractivity (Wildman–Crippen MR) is 92.2 cm³/mol. The van der Waals surface area contributed by atoms with Gasteiger partial charge in [-0.15, -0.1) is 0 Å². The molecule has 134 valence electrons. The topological polar surface area (TPSA) is 28.2 Å². The zero-order valence-corrected chi connectivity index (χ0v) is 15.2. The van der Waals surface area contributed by atoms with Gasteiger partial charge in [0, 0.05) is 35.8 Å². The first-order chi connectivity index (χ1) is 11.4. The average molecular weight is 406 g/mol. The molecule has 0 aromatic carbocycles. The molecule has 3 nitrogen and oxygen atoms in total. The molecule has 1 aromatic heterocycles. The zero-order valence-electron chi connectivity index (χ0n) is 13.6. The highest BCUT2D eigenvalue weighted by Gasteiger charge is 2.37. The Hall–Kier alpha value is -0.820. The number of pyridine rings is 1. The van der Waals surface area contributed by atoms with Crippen molar-refractivity contribution in [1.29, 1.82) is 0 Å². The number of alkyl halides is 3. The Morgan fingerprint density at radius 2 is 1.67 bits per heavy atom. The molecule has 1 aromatic rings. The van der Waals surface area contributed by atoms with Crippen LogP contribution in [0.25, 0.3) is 0 Å². The Bertz CT molecular complexity index is 551. The van der Waals surface area contributed by atoms with E-state index in [1.54, 1.807) is 4.90 Å². The third kappa shape index (κ3) is 4.42. The van der Waals surface area contributed by atoms with Crippen LogP contribution in [0.1, 0.15) is 50.5 Å². The van der Waals surface area contributed by atoms with Crippen molar-refractivity contribution >= 4 is 21.7 Å². The lowest BCUT2D eigenvalue weighted by atomic mass is 9.93. The van der Waals surface area contributed by atoms with E-state index in [0.717, 1.165) is 18.9 Å². The minimum Gasteiger partial charge on any atom is -0.356 e. The molecule has 2 fully saturated rings. The highest BCUT2D eigenvalue weighted by molar-refractivity contribution is 9.10. The highest BCUT2D eigenvalue weighted by Crippen LogP contribution is 2.37. The molecule has 2 heterocycles. The lowest BCUT2D eigenvalue weighted by Gasteiger charge is -2.37. The van der Waals surface area contributed by atoms with Gasteiger partial charge in [0.25, 0.3) is 0 Å².